The van der Waals surface area contributed by atoms with Crippen LogP contribution in [0.4, 0.5) is 0 Å². The fourth-order valence-corrected chi connectivity index (χ4v) is 2.07. The van der Waals surface area contributed by atoms with Crippen molar-refractivity contribution >= 4 is 23.7 Å². The average molecular weight is 306 g/mol. The second-order valence-corrected chi connectivity index (χ2v) is 5.29. The molecule has 0 bridgehead atoms. The van der Waals surface area contributed by atoms with Crippen LogP contribution in [0, 0.1) is 6.92 Å². The molecule has 116 valence electrons. The van der Waals surface area contributed by atoms with Gasteiger partial charge in [-0.3, -0.25) is 9.59 Å². The zero-order valence-electron chi connectivity index (χ0n) is 12.9. The molecule has 0 radical (unpaired) electrons. The van der Waals surface area contributed by atoms with Crippen LogP contribution in [-0.4, -0.2) is 16.7 Å². The second-order valence-electron chi connectivity index (χ2n) is 5.29. The number of hydrogen-bond donors (Lipinski definition) is 1. The third-order valence-electron chi connectivity index (χ3n) is 3.18. The quantitative estimate of drug-likeness (QED) is 0.649. The molecule has 0 heterocycles. The van der Waals surface area contributed by atoms with Crippen molar-refractivity contribution in [3.8, 4) is 5.75 Å². The first-order chi connectivity index (χ1) is 11.0. The van der Waals surface area contributed by atoms with Gasteiger partial charge in [-0.15, -0.1) is 0 Å². The molecule has 23 heavy (non-hydrogen) atoms. The van der Waals surface area contributed by atoms with E-state index < -0.39 is 0 Å². The van der Waals surface area contributed by atoms with Gasteiger partial charge < -0.3 is 5.11 Å². The normalized spacial score (nSPS) is 11.2. The number of carbonyl (C=O) groups is 2. The topological polar surface area (TPSA) is 54.4 Å². The lowest BCUT2D eigenvalue weighted by molar-refractivity contribution is -0.121. The molecular formula is C20H18O3. The van der Waals surface area contributed by atoms with E-state index in [4.69, 9.17) is 0 Å². The van der Waals surface area contributed by atoms with E-state index in [1.54, 1.807) is 36.4 Å². The van der Waals surface area contributed by atoms with Crippen LogP contribution in [0.5, 0.6) is 5.75 Å². The third-order valence-corrected chi connectivity index (χ3v) is 3.18. The number of allylic oxidation sites excluding steroid dienone is 2. The standard InChI is InChI=1S/C20H18O3/c1-15-4-2-5-16(12-15)8-10-19(22)14-20(23)11-9-17-6-3-7-18(21)13-17/h2-13,21H,14H2,1H3/b10-8+,11-9+. The second kappa shape index (κ2) is 7.90. The summed E-state index contributed by atoms with van der Waals surface area (Å²) >= 11 is 0. The highest BCUT2D eigenvalue weighted by molar-refractivity contribution is 6.10. The Morgan fingerprint density at radius 3 is 2.04 bits per heavy atom. The van der Waals surface area contributed by atoms with Crippen molar-refractivity contribution in [2.24, 2.45) is 0 Å². The Morgan fingerprint density at radius 1 is 0.913 bits per heavy atom. The minimum atomic E-state index is -0.271. The predicted molar refractivity (Wildman–Crippen MR) is 92.0 cm³/mol. The highest BCUT2D eigenvalue weighted by Gasteiger charge is 2.03. The van der Waals surface area contributed by atoms with Crippen LogP contribution >= 0.6 is 0 Å². The van der Waals surface area contributed by atoms with Gasteiger partial charge in [0.15, 0.2) is 11.6 Å². The number of ketones is 2. The van der Waals surface area contributed by atoms with Crippen molar-refractivity contribution in [2.45, 2.75) is 13.3 Å². The first kappa shape index (κ1) is 16.4. The number of benzene rings is 2. The van der Waals surface area contributed by atoms with E-state index in [-0.39, 0.29) is 23.7 Å². The molecule has 3 heteroatoms. The van der Waals surface area contributed by atoms with Crippen LogP contribution in [0.3, 0.4) is 0 Å². The summed E-state index contributed by atoms with van der Waals surface area (Å²) in [7, 11) is 0. The molecule has 2 aromatic rings. The Kier molecular flexibility index (Phi) is 5.64. The van der Waals surface area contributed by atoms with Crippen LogP contribution in [-0.2, 0) is 9.59 Å². The number of aryl methyl sites for hydroxylation is 1. The minimum Gasteiger partial charge on any atom is -0.508 e. The van der Waals surface area contributed by atoms with Crippen LogP contribution < -0.4 is 0 Å². The molecule has 0 aliphatic heterocycles. The van der Waals surface area contributed by atoms with Crippen molar-refractivity contribution in [1.82, 2.24) is 0 Å². The first-order valence-corrected chi connectivity index (χ1v) is 7.30. The maximum atomic E-state index is 11.8. The third kappa shape index (κ3) is 5.75. The van der Waals surface area contributed by atoms with Gasteiger partial charge in [0.05, 0.1) is 6.42 Å². The Balaban J connectivity index is 1.91. The van der Waals surface area contributed by atoms with E-state index in [9.17, 15) is 14.7 Å². The lowest BCUT2D eigenvalue weighted by Crippen LogP contribution is -2.01. The molecule has 0 saturated heterocycles. The summed E-state index contributed by atoms with van der Waals surface area (Å²) in [6.45, 7) is 1.98. The van der Waals surface area contributed by atoms with Crippen molar-refractivity contribution in [3.05, 3.63) is 77.4 Å². The molecule has 1 N–H and O–H groups in total. The molecule has 0 unspecified atom stereocenters. The van der Waals surface area contributed by atoms with Gasteiger partial charge in [-0.05, 0) is 42.3 Å². The summed E-state index contributed by atoms with van der Waals surface area (Å²) in [5.74, 6) is -0.374. The van der Waals surface area contributed by atoms with Gasteiger partial charge >= 0.3 is 0 Å². The van der Waals surface area contributed by atoms with E-state index >= 15 is 0 Å². The molecule has 0 saturated carbocycles. The predicted octanol–water partition coefficient (Wildman–Crippen LogP) is 3.96. The fraction of sp³-hybridized carbons (Fsp3) is 0.100. The van der Waals surface area contributed by atoms with E-state index in [0.717, 1.165) is 11.1 Å². The highest BCUT2D eigenvalue weighted by Crippen LogP contribution is 2.12. The lowest BCUT2D eigenvalue weighted by atomic mass is 10.1. The molecule has 2 aromatic carbocycles. The molecule has 0 aliphatic carbocycles. The SMILES string of the molecule is Cc1cccc(/C=C/C(=O)CC(=O)/C=C/c2cccc(O)c2)c1. The Bertz CT molecular complexity index is 704. The van der Waals surface area contributed by atoms with Gasteiger partial charge in [-0.1, -0.05) is 54.1 Å². The zero-order valence-corrected chi connectivity index (χ0v) is 12.9. The maximum absolute atomic E-state index is 11.8. The van der Waals surface area contributed by atoms with Crippen molar-refractivity contribution in [3.63, 3.8) is 0 Å². The van der Waals surface area contributed by atoms with E-state index in [2.05, 4.69) is 0 Å². The molecular weight excluding hydrogens is 288 g/mol. The van der Waals surface area contributed by atoms with Gasteiger partial charge in [-0.2, -0.15) is 0 Å². The van der Waals surface area contributed by atoms with Crippen LogP contribution in [0.1, 0.15) is 23.1 Å². The number of carbonyl (C=O) groups excluding carboxylic acids is 2. The Morgan fingerprint density at radius 2 is 1.48 bits per heavy atom. The summed E-state index contributed by atoms with van der Waals surface area (Å²) in [6.07, 6.45) is 5.90. The first-order valence-electron chi connectivity index (χ1n) is 7.30. The molecule has 3 nitrogen and oxygen atoms in total. The molecule has 0 fully saturated rings. The van der Waals surface area contributed by atoms with Gasteiger partial charge in [0, 0.05) is 0 Å². The summed E-state index contributed by atoms with van der Waals surface area (Å²) < 4.78 is 0. The van der Waals surface area contributed by atoms with Crippen molar-refractivity contribution in [1.29, 1.82) is 0 Å². The number of hydrogen-bond acceptors (Lipinski definition) is 3. The van der Waals surface area contributed by atoms with Gasteiger partial charge in [0.25, 0.3) is 0 Å². The number of phenols is 1. The smallest absolute Gasteiger partial charge is 0.163 e. The minimum absolute atomic E-state index is 0.136. The maximum Gasteiger partial charge on any atom is 0.163 e. The summed E-state index contributed by atoms with van der Waals surface area (Å²) in [5.41, 5.74) is 2.76. The van der Waals surface area contributed by atoms with Gasteiger partial charge in [0.1, 0.15) is 5.75 Å². The largest absolute Gasteiger partial charge is 0.508 e. The van der Waals surface area contributed by atoms with E-state index in [0.29, 0.717) is 5.56 Å². The van der Waals surface area contributed by atoms with Crippen molar-refractivity contribution in [2.75, 3.05) is 0 Å². The van der Waals surface area contributed by atoms with Gasteiger partial charge in [-0.25, -0.2) is 0 Å². The molecule has 2 rings (SSSR count). The van der Waals surface area contributed by atoms with E-state index in [1.165, 1.54) is 12.2 Å². The van der Waals surface area contributed by atoms with Gasteiger partial charge in [0.2, 0.25) is 0 Å². The summed E-state index contributed by atoms with van der Waals surface area (Å²) in [6, 6.07) is 14.3. The Labute approximate surface area is 135 Å². The molecule has 0 aliphatic rings. The average Bonchev–Trinajstić information content (AvgIpc) is 2.51. The summed E-state index contributed by atoms with van der Waals surface area (Å²) in [5, 5.41) is 9.34. The van der Waals surface area contributed by atoms with Crippen LogP contribution in [0.2, 0.25) is 0 Å². The monoisotopic (exact) mass is 306 g/mol. The van der Waals surface area contributed by atoms with Crippen LogP contribution in [0.15, 0.2) is 60.7 Å². The summed E-state index contributed by atoms with van der Waals surface area (Å²) in [4.78, 5) is 23.6. The zero-order chi connectivity index (χ0) is 16.7. The number of rotatable bonds is 6. The fourth-order valence-electron chi connectivity index (χ4n) is 2.07. The molecule has 0 amide bonds. The molecule has 0 atom stereocenters. The molecule has 0 aromatic heterocycles. The highest BCUT2D eigenvalue weighted by atomic mass is 16.3. The van der Waals surface area contributed by atoms with Crippen LogP contribution in [0.25, 0.3) is 12.2 Å². The lowest BCUT2D eigenvalue weighted by Gasteiger charge is -1.96. The Hall–Kier alpha value is -2.94. The van der Waals surface area contributed by atoms with E-state index in [1.807, 2.05) is 31.2 Å². The number of aromatic hydroxyl groups is 1. The number of phenolic OH excluding ortho intramolecular Hbond substituents is 1. The van der Waals surface area contributed by atoms with Crippen molar-refractivity contribution < 1.29 is 14.7 Å². The molecule has 0 spiro atoms.